The quantitative estimate of drug-likeness (QED) is 0.481. The largest absolute Gasteiger partial charge is 2.00 e. The summed E-state index contributed by atoms with van der Waals surface area (Å²) in [6, 6.07) is 0. The van der Waals surface area contributed by atoms with E-state index in [0.29, 0.717) is 0 Å². The molecule has 0 aromatic heterocycles. The average molecular weight is 253 g/mol. The molecule has 0 aliphatic heterocycles. The number of aliphatic carboxylic acids is 2. The zero-order valence-electron chi connectivity index (χ0n) is 6.39. The molecule has 0 aliphatic rings. The molecule has 0 fully saturated rings. The number of hydrogen-bond acceptors (Lipinski definition) is 6. The fourth-order valence-corrected chi connectivity index (χ4v) is 0.258. The van der Waals surface area contributed by atoms with Crippen molar-refractivity contribution >= 4 is 11.9 Å². The van der Waals surface area contributed by atoms with Crippen LogP contribution in [-0.2, 0) is 29.1 Å². The molecule has 0 spiro atoms. The van der Waals surface area contributed by atoms with Crippen molar-refractivity contribution in [2.75, 3.05) is 0 Å². The number of carboxylic acid groups (broad SMARTS) is 2. The Hall–Kier alpha value is 1.12. The first-order valence-electron chi connectivity index (χ1n) is 2.24. The van der Waals surface area contributed by atoms with E-state index >= 15 is 0 Å². The third-order valence-electron chi connectivity index (χ3n) is 0.782. The van der Waals surface area contributed by atoms with Gasteiger partial charge >= 0.3 is 70.9 Å². The molecule has 0 heterocycles. The van der Waals surface area contributed by atoms with E-state index in [1.54, 1.807) is 0 Å². The Balaban J connectivity index is -0.000000405. The molecule has 0 radical (unpaired) electrons. The van der Waals surface area contributed by atoms with Crippen LogP contribution in [0.5, 0.6) is 0 Å². The number of carboxylic acids is 2. The van der Waals surface area contributed by atoms with Crippen LogP contribution in [0.3, 0.4) is 0 Å². The molecule has 12 heavy (non-hydrogen) atoms. The van der Waals surface area contributed by atoms with Gasteiger partial charge in [-0.3, -0.25) is 0 Å². The Kier molecular flexibility index (Phi) is 13.7. The van der Waals surface area contributed by atoms with Gasteiger partial charge in [-0.05, 0) is 0 Å². The summed E-state index contributed by atoms with van der Waals surface area (Å²) < 4.78 is 0. The van der Waals surface area contributed by atoms with E-state index in [9.17, 15) is 19.8 Å². The fourth-order valence-electron chi connectivity index (χ4n) is 0.258. The predicted octanol–water partition coefficient (Wildman–Crippen LogP) is -7.79. The van der Waals surface area contributed by atoms with Crippen molar-refractivity contribution in [3.8, 4) is 0 Å². The van der Waals surface area contributed by atoms with Gasteiger partial charge in [-0.15, -0.1) is 0 Å². The zero-order valence-corrected chi connectivity index (χ0v) is 12.5. The minimum atomic E-state index is -2.44. The summed E-state index contributed by atoms with van der Waals surface area (Å²) in [5.41, 5.74) is 0. The summed E-state index contributed by atoms with van der Waals surface area (Å²) in [5.74, 6) is -4.12. The van der Waals surface area contributed by atoms with E-state index in [1.807, 2.05) is 0 Å². The summed E-state index contributed by atoms with van der Waals surface area (Å²) >= 11 is 0. The summed E-state index contributed by atoms with van der Waals surface area (Å²) in [6.07, 6.45) is -4.88. The molecule has 0 aromatic carbocycles. The van der Waals surface area contributed by atoms with Gasteiger partial charge in [0.25, 0.3) is 0 Å². The standard InChI is InChI=1S/C4H6O6.K.Zn/c5-1(3(7)8)2(6)4(9)10;;/h1-2,5-6H,(H,7,8)(H,9,10);;/q;+1;+2/p-2. The van der Waals surface area contributed by atoms with E-state index in [-0.39, 0.29) is 70.9 Å². The van der Waals surface area contributed by atoms with Crippen LogP contribution in [0, 0.1) is 0 Å². The Morgan fingerprint density at radius 2 is 1.17 bits per heavy atom. The molecule has 0 amide bonds. The molecule has 8 heteroatoms. The number of aliphatic hydroxyl groups is 2. The predicted molar refractivity (Wildman–Crippen MR) is 22.0 cm³/mol. The van der Waals surface area contributed by atoms with E-state index in [4.69, 9.17) is 10.2 Å². The van der Waals surface area contributed by atoms with Crippen LogP contribution in [0.1, 0.15) is 0 Å². The van der Waals surface area contributed by atoms with Gasteiger partial charge < -0.3 is 30.0 Å². The van der Waals surface area contributed by atoms with E-state index in [1.165, 1.54) is 0 Å². The van der Waals surface area contributed by atoms with Crippen LogP contribution in [0.4, 0.5) is 0 Å². The maximum Gasteiger partial charge on any atom is 2.00 e. The van der Waals surface area contributed by atoms with Crippen molar-refractivity contribution in [1.29, 1.82) is 0 Å². The summed E-state index contributed by atoms with van der Waals surface area (Å²) in [6.45, 7) is 0. The van der Waals surface area contributed by atoms with Crippen molar-refractivity contribution in [2.24, 2.45) is 0 Å². The molecule has 2 atom stereocenters. The van der Waals surface area contributed by atoms with Gasteiger partial charge in [-0.2, -0.15) is 0 Å². The van der Waals surface area contributed by atoms with Gasteiger partial charge in [0.05, 0.1) is 11.9 Å². The van der Waals surface area contributed by atoms with Crippen molar-refractivity contribution in [1.82, 2.24) is 0 Å². The minimum absolute atomic E-state index is 0. The SMILES string of the molecule is O=C([O-])C(O)C(O)C(=O)[O-].[K+].[Zn+2]. The van der Waals surface area contributed by atoms with Gasteiger partial charge in [0.1, 0.15) is 12.2 Å². The van der Waals surface area contributed by atoms with Crippen LogP contribution in [0.2, 0.25) is 0 Å². The van der Waals surface area contributed by atoms with Gasteiger partial charge in [-0.25, -0.2) is 0 Å². The maximum atomic E-state index is 9.63. The maximum absolute atomic E-state index is 9.63. The van der Waals surface area contributed by atoms with Crippen molar-refractivity contribution in [3.63, 3.8) is 0 Å². The molecule has 2 N–H and O–H groups in total. The Labute approximate surface area is 123 Å². The minimum Gasteiger partial charge on any atom is -0.547 e. The van der Waals surface area contributed by atoms with Crippen LogP contribution in [0.15, 0.2) is 0 Å². The van der Waals surface area contributed by atoms with Gasteiger partial charge in [0.2, 0.25) is 0 Å². The van der Waals surface area contributed by atoms with Gasteiger partial charge in [0, 0.05) is 0 Å². The monoisotopic (exact) mass is 251 g/mol. The molecule has 0 saturated carbocycles. The Morgan fingerprint density at radius 3 is 1.25 bits per heavy atom. The Bertz CT molecular complexity index is 144. The van der Waals surface area contributed by atoms with Crippen molar-refractivity contribution in [3.05, 3.63) is 0 Å². The third-order valence-corrected chi connectivity index (χ3v) is 0.782. The second kappa shape index (κ2) is 8.71. The molecule has 2 unspecified atom stereocenters. The molecular formula is C4H4KO6Zn+. The molecule has 0 aromatic rings. The van der Waals surface area contributed by atoms with Crippen LogP contribution in [-0.4, -0.2) is 34.4 Å². The number of rotatable bonds is 3. The molecule has 0 rings (SSSR count). The molecule has 0 bridgehead atoms. The smallest absolute Gasteiger partial charge is 0.547 e. The first-order valence-corrected chi connectivity index (χ1v) is 2.24. The van der Waals surface area contributed by atoms with Crippen molar-refractivity contribution < 1.29 is 101 Å². The molecule has 0 aliphatic carbocycles. The summed E-state index contributed by atoms with van der Waals surface area (Å²) in [4.78, 5) is 19.3. The zero-order chi connectivity index (χ0) is 8.31. The van der Waals surface area contributed by atoms with Crippen molar-refractivity contribution in [2.45, 2.75) is 12.2 Å². The van der Waals surface area contributed by atoms with Crippen LogP contribution < -0.4 is 61.6 Å². The second-order valence-electron chi connectivity index (χ2n) is 1.53. The van der Waals surface area contributed by atoms with Gasteiger partial charge in [-0.1, -0.05) is 0 Å². The number of carbonyl (C=O) groups is 2. The average Bonchev–Trinajstić information content (AvgIpc) is 1.84. The normalized spacial score (nSPS) is 13.2. The summed E-state index contributed by atoms with van der Waals surface area (Å²) in [7, 11) is 0. The molecule has 58 valence electrons. The van der Waals surface area contributed by atoms with Crippen LogP contribution >= 0.6 is 0 Å². The molecule has 6 nitrogen and oxygen atoms in total. The number of hydrogen-bond donors (Lipinski definition) is 2. The van der Waals surface area contributed by atoms with E-state index in [0.717, 1.165) is 0 Å². The summed E-state index contributed by atoms with van der Waals surface area (Å²) in [5, 5.41) is 35.7. The molecule has 0 saturated heterocycles. The second-order valence-corrected chi connectivity index (χ2v) is 1.53. The van der Waals surface area contributed by atoms with E-state index < -0.39 is 24.1 Å². The number of carbonyl (C=O) groups excluding carboxylic acids is 2. The van der Waals surface area contributed by atoms with E-state index in [2.05, 4.69) is 0 Å². The first kappa shape index (κ1) is 18.8. The number of aliphatic hydroxyl groups excluding tert-OH is 2. The van der Waals surface area contributed by atoms with Crippen LogP contribution in [0.25, 0.3) is 0 Å². The Morgan fingerprint density at radius 1 is 1.00 bits per heavy atom. The topological polar surface area (TPSA) is 121 Å². The fraction of sp³-hybridized carbons (Fsp3) is 0.500. The first-order chi connectivity index (χ1) is 4.46. The third kappa shape index (κ3) is 6.62. The van der Waals surface area contributed by atoms with Gasteiger partial charge in [0.15, 0.2) is 0 Å². The molecular weight excluding hydrogens is 249 g/mol.